The van der Waals surface area contributed by atoms with Gasteiger partial charge in [-0.05, 0) is 33.6 Å². The van der Waals surface area contributed by atoms with Crippen LogP contribution in [0.3, 0.4) is 0 Å². The van der Waals surface area contributed by atoms with Crippen LogP contribution in [-0.4, -0.2) is 60.9 Å². The van der Waals surface area contributed by atoms with Crippen molar-refractivity contribution in [1.82, 2.24) is 9.80 Å². The third-order valence-electron chi connectivity index (χ3n) is 2.84. The van der Waals surface area contributed by atoms with Gasteiger partial charge in [-0.3, -0.25) is 4.79 Å². The van der Waals surface area contributed by atoms with Gasteiger partial charge in [0.1, 0.15) is 5.60 Å². The predicted octanol–water partition coefficient (Wildman–Crippen LogP) is 1.75. The zero-order valence-electron chi connectivity index (χ0n) is 13.0. The molecule has 1 aliphatic rings. The second-order valence-corrected chi connectivity index (χ2v) is 6.31. The van der Waals surface area contributed by atoms with E-state index < -0.39 is 5.60 Å². The third-order valence-corrected chi connectivity index (χ3v) is 2.84. The minimum absolute atomic E-state index is 0.174. The molecular weight excluding hydrogens is 258 g/mol. The van der Waals surface area contributed by atoms with E-state index in [1.165, 1.54) is 6.34 Å². The Hall–Kier alpha value is -1.59. The molecule has 2 amide bonds. The van der Waals surface area contributed by atoms with Crippen LogP contribution in [0, 0.1) is 5.92 Å². The van der Waals surface area contributed by atoms with Gasteiger partial charge in [0, 0.05) is 27.2 Å². The van der Waals surface area contributed by atoms with Crippen LogP contribution in [0.25, 0.3) is 0 Å². The second-order valence-electron chi connectivity index (χ2n) is 6.31. The van der Waals surface area contributed by atoms with E-state index in [1.807, 2.05) is 34.9 Å². The molecule has 1 rings (SSSR count). The van der Waals surface area contributed by atoms with Crippen molar-refractivity contribution in [3.63, 3.8) is 0 Å². The van der Waals surface area contributed by atoms with Crippen LogP contribution in [0.5, 0.6) is 0 Å². The van der Waals surface area contributed by atoms with E-state index in [0.717, 1.165) is 12.8 Å². The number of carbonyl (C=O) groups is 2. The Balaban J connectivity index is 2.58. The van der Waals surface area contributed by atoms with Crippen LogP contribution in [0.1, 0.15) is 33.6 Å². The molecule has 1 saturated heterocycles. The molecule has 6 nitrogen and oxygen atoms in total. The number of piperidine rings is 1. The topological polar surface area (TPSA) is 62.2 Å². The molecule has 0 radical (unpaired) electrons. The van der Waals surface area contributed by atoms with E-state index >= 15 is 0 Å². The molecule has 6 heteroatoms. The molecule has 1 unspecified atom stereocenters. The van der Waals surface area contributed by atoms with E-state index in [4.69, 9.17) is 4.74 Å². The highest BCUT2D eigenvalue weighted by molar-refractivity contribution is 5.86. The number of likely N-dealkylation sites (tertiary alicyclic amines) is 1. The molecule has 0 aromatic rings. The van der Waals surface area contributed by atoms with Gasteiger partial charge in [-0.2, -0.15) is 0 Å². The Morgan fingerprint density at radius 3 is 2.55 bits per heavy atom. The van der Waals surface area contributed by atoms with Crippen molar-refractivity contribution in [1.29, 1.82) is 0 Å². The van der Waals surface area contributed by atoms with Crippen LogP contribution in [0.2, 0.25) is 0 Å². The largest absolute Gasteiger partial charge is 0.444 e. The van der Waals surface area contributed by atoms with Gasteiger partial charge in [-0.25, -0.2) is 9.79 Å². The Bertz CT molecular complexity index is 386. The summed E-state index contributed by atoms with van der Waals surface area (Å²) in [4.78, 5) is 31.2. The highest BCUT2D eigenvalue weighted by Crippen LogP contribution is 2.20. The van der Waals surface area contributed by atoms with Gasteiger partial charge in [0.2, 0.25) is 0 Å². The summed E-state index contributed by atoms with van der Waals surface area (Å²) in [6.07, 6.45) is 2.71. The van der Waals surface area contributed by atoms with Crippen molar-refractivity contribution in [3.8, 4) is 0 Å². The number of rotatable bonds is 2. The first-order valence-corrected chi connectivity index (χ1v) is 6.91. The van der Waals surface area contributed by atoms with Crippen LogP contribution in [0.15, 0.2) is 4.99 Å². The van der Waals surface area contributed by atoms with E-state index in [2.05, 4.69) is 4.99 Å². The maximum absolute atomic E-state index is 12.0. The van der Waals surface area contributed by atoms with E-state index in [9.17, 15) is 9.59 Å². The number of ether oxygens (including phenoxy) is 1. The molecular formula is C14H25N3O3. The molecule has 0 N–H and O–H groups in total. The average Bonchev–Trinajstić information content (AvgIpc) is 2.34. The second kappa shape index (κ2) is 6.72. The summed E-state index contributed by atoms with van der Waals surface area (Å²) in [5, 5.41) is 0. The van der Waals surface area contributed by atoms with Gasteiger partial charge in [0.05, 0.1) is 12.3 Å². The minimum Gasteiger partial charge on any atom is -0.444 e. The van der Waals surface area contributed by atoms with E-state index in [-0.39, 0.29) is 17.9 Å². The lowest BCUT2D eigenvalue weighted by Gasteiger charge is -2.32. The summed E-state index contributed by atoms with van der Waals surface area (Å²) in [6.45, 7) is 6.52. The molecule has 0 aromatic carbocycles. The van der Waals surface area contributed by atoms with Crippen LogP contribution in [-0.2, 0) is 9.53 Å². The first-order chi connectivity index (χ1) is 9.19. The number of nitrogens with zero attached hydrogens (tertiary/aromatic N) is 3. The van der Waals surface area contributed by atoms with Crippen molar-refractivity contribution in [2.75, 3.05) is 27.2 Å². The lowest BCUT2D eigenvalue weighted by atomic mass is 9.98. The summed E-state index contributed by atoms with van der Waals surface area (Å²) in [7, 11) is 3.62. The van der Waals surface area contributed by atoms with Crippen LogP contribution in [0.4, 0.5) is 4.79 Å². The number of hydrogen-bond donors (Lipinski definition) is 0. The Morgan fingerprint density at radius 2 is 2.00 bits per heavy atom. The fraction of sp³-hybridized carbons (Fsp3) is 0.786. The van der Waals surface area contributed by atoms with Crippen molar-refractivity contribution in [3.05, 3.63) is 0 Å². The van der Waals surface area contributed by atoms with Crippen LogP contribution >= 0.6 is 0 Å². The molecule has 1 atom stereocenters. The third kappa shape index (κ3) is 5.59. The molecule has 114 valence electrons. The molecule has 20 heavy (non-hydrogen) atoms. The standard InChI is InChI=1S/C14H25N3O3/c1-14(2,3)20-13(19)17-8-6-7-11(9-17)12(18)15-10-16(4)5/h10-11H,6-9H2,1-5H3. The lowest BCUT2D eigenvalue weighted by Crippen LogP contribution is -2.44. The van der Waals surface area contributed by atoms with Gasteiger partial charge in [-0.1, -0.05) is 0 Å². The Labute approximate surface area is 120 Å². The summed E-state index contributed by atoms with van der Waals surface area (Å²) in [5.74, 6) is -0.403. The first kappa shape index (κ1) is 16.5. The van der Waals surface area contributed by atoms with Gasteiger partial charge in [0.15, 0.2) is 0 Å². The average molecular weight is 283 g/mol. The van der Waals surface area contributed by atoms with Crippen molar-refractivity contribution >= 4 is 18.3 Å². The fourth-order valence-electron chi connectivity index (χ4n) is 1.95. The highest BCUT2D eigenvalue weighted by atomic mass is 16.6. The number of hydrogen-bond acceptors (Lipinski definition) is 3. The van der Waals surface area contributed by atoms with Gasteiger partial charge in [-0.15, -0.1) is 0 Å². The highest BCUT2D eigenvalue weighted by Gasteiger charge is 2.30. The Morgan fingerprint density at radius 1 is 1.35 bits per heavy atom. The number of carbonyl (C=O) groups excluding carboxylic acids is 2. The van der Waals surface area contributed by atoms with E-state index in [0.29, 0.717) is 13.1 Å². The molecule has 1 heterocycles. The quantitative estimate of drug-likeness (QED) is 0.572. The molecule has 0 bridgehead atoms. The first-order valence-electron chi connectivity index (χ1n) is 6.91. The predicted molar refractivity (Wildman–Crippen MR) is 77.7 cm³/mol. The summed E-state index contributed by atoms with van der Waals surface area (Å²) in [6, 6.07) is 0. The van der Waals surface area contributed by atoms with Crippen molar-refractivity contribution in [2.45, 2.75) is 39.2 Å². The summed E-state index contributed by atoms with van der Waals surface area (Å²) in [5.41, 5.74) is -0.517. The van der Waals surface area contributed by atoms with Crippen molar-refractivity contribution in [2.24, 2.45) is 10.9 Å². The maximum atomic E-state index is 12.0. The smallest absolute Gasteiger partial charge is 0.410 e. The van der Waals surface area contributed by atoms with Gasteiger partial charge < -0.3 is 14.5 Å². The molecule has 1 aliphatic heterocycles. The monoisotopic (exact) mass is 283 g/mol. The lowest BCUT2D eigenvalue weighted by molar-refractivity contribution is -0.123. The molecule has 0 aromatic heterocycles. The number of aliphatic imine (C=N–C) groups is 1. The summed E-state index contributed by atoms with van der Waals surface area (Å²) >= 11 is 0. The minimum atomic E-state index is -0.517. The van der Waals surface area contributed by atoms with Gasteiger partial charge >= 0.3 is 6.09 Å². The normalized spacial score (nSPS) is 20.1. The van der Waals surface area contributed by atoms with E-state index in [1.54, 1.807) is 9.80 Å². The Kier molecular flexibility index (Phi) is 5.53. The maximum Gasteiger partial charge on any atom is 0.410 e. The SMILES string of the molecule is CN(C)C=NC(=O)C1CCCN(C(=O)OC(C)(C)C)C1. The van der Waals surface area contributed by atoms with Crippen molar-refractivity contribution < 1.29 is 14.3 Å². The molecule has 0 aliphatic carbocycles. The molecule has 0 spiro atoms. The zero-order valence-corrected chi connectivity index (χ0v) is 13.0. The zero-order chi connectivity index (χ0) is 15.3. The summed E-state index contributed by atoms with van der Waals surface area (Å²) < 4.78 is 5.33. The fourth-order valence-corrected chi connectivity index (χ4v) is 1.95. The molecule has 0 saturated carbocycles. The van der Waals surface area contributed by atoms with Crippen LogP contribution < -0.4 is 0 Å². The van der Waals surface area contributed by atoms with Gasteiger partial charge in [0.25, 0.3) is 5.91 Å². The molecule has 1 fully saturated rings. The number of amides is 2.